The van der Waals surface area contributed by atoms with Gasteiger partial charge in [-0.3, -0.25) is 9.59 Å². The van der Waals surface area contributed by atoms with Crippen molar-refractivity contribution in [2.24, 2.45) is 0 Å². The Balaban J connectivity index is 3.62. The van der Waals surface area contributed by atoms with E-state index in [1.54, 1.807) is 25.7 Å². The standard InChI is InChI=1S/C28H47N3O4S/c1-11-13-20(5)29-24(32)23(21-15-14-18(3)16-19(21)4)31(28(9,10)12-2)25(33)22(17-36)30-26(34)35-27(6,7)8/h14-16,20,22-23,36H,11-13,17H2,1-10H3,(H,29,32)(H,30,34). The van der Waals surface area contributed by atoms with Crippen LogP contribution in [0.3, 0.4) is 0 Å². The highest BCUT2D eigenvalue weighted by Crippen LogP contribution is 2.34. The fourth-order valence-electron chi connectivity index (χ4n) is 4.11. The first-order chi connectivity index (χ1) is 16.6. The maximum Gasteiger partial charge on any atom is 0.408 e. The number of amides is 3. The maximum absolute atomic E-state index is 14.1. The summed E-state index contributed by atoms with van der Waals surface area (Å²) < 4.78 is 5.38. The van der Waals surface area contributed by atoms with Crippen molar-refractivity contribution in [2.75, 3.05) is 5.75 Å². The molecule has 3 atom stereocenters. The molecule has 3 unspecified atom stereocenters. The Labute approximate surface area is 223 Å². The van der Waals surface area contributed by atoms with E-state index >= 15 is 0 Å². The number of ether oxygens (including phenoxy) is 1. The van der Waals surface area contributed by atoms with Crippen molar-refractivity contribution >= 4 is 30.5 Å². The van der Waals surface area contributed by atoms with E-state index in [0.29, 0.717) is 6.42 Å². The quantitative estimate of drug-likeness (QED) is 0.336. The van der Waals surface area contributed by atoms with Gasteiger partial charge in [-0.2, -0.15) is 12.6 Å². The first-order valence-electron chi connectivity index (χ1n) is 12.9. The maximum atomic E-state index is 14.1. The number of benzene rings is 1. The molecule has 0 saturated carbocycles. The number of alkyl carbamates (subject to hydrolysis) is 1. The molecule has 0 radical (unpaired) electrons. The third-order valence-electron chi connectivity index (χ3n) is 6.26. The van der Waals surface area contributed by atoms with Gasteiger partial charge in [-0.15, -0.1) is 0 Å². The third kappa shape index (κ3) is 9.02. The van der Waals surface area contributed by atoms with Crippen LogP contribution in [0.25, 0.3) is 0 Å². The summed E-state index contributed by atoms with van der Waals surface area (Å²) in [6.07, 6.45) is 1.66. The van der Waals surface area contributed by atoms with E-state index in [4.69, 9.17) is 4.74 Å². The van der Waals surface area contributed by atoms with Crippen LogP contribution in [0.1, 0.15) is 97.4 Å². The highest BCUT2D eigenvalue weighted by molar-refractivity contribution is 7.80. The molecular formula is C28H47N3O4S. The van der Waals surface area contributed by atoms with Crippen molar-refractivity contribution in [1.29, 1.82) is 0 Å². The number of hydrogen-bond acceptors (Lipinski definition) is 5. The largest absolute Gasteiger partial charge is 0.444 e. The lowest BCUT2D eigenvalue weighted by Crippen LogP contribution is -2.60. The van der Waals surface area contributed by atoms with Crippen LogP contribution in [-0.2, 0) is 14.3 Å². The molecule has 3 amide bonds. The lowest BCUT2D eigenvalue weighted by atomic mass is 9.90. The normalized spacial score (nSPS) is 14.4. The van der Waals surface area contributed by atoms with Crippen molar-refractivity contribution in [2.45, 2.75) is 118 Å². The fourth-order valence-corrected chi connectivity index (χ4v) is 4.35. The number of hydrogen-bond donors (Lipinski definition) is 3. The average Bonchev–Trinajstić information content (AvgIpc) is 2.74. The molecule has 0 aromatic heterocycles. The summed E-state index contributed by atoms with van der Waals surface area (Å²) in [7, 11) is 0. The number of carbonyl (C=O) groups is 3. The SMILES string of the molecule is CCCC(C)NC(=O)C(c1ccc(C)cc1C)N(C(=O)C(CS)NC(=O)OC(C)(C)C)C(C)(C)CC. The van der Waals surface area contributed by atoms with Gasteiger partial charge in [0, 0.05) is 17.3 Å². The molecule has 2 N–H and O–H groups in total. The molecule has 0 fully saturated rings. The van der Waals surface area contributed by atoms with Crippen molar-refractivity contribution in [3.8, 4) is 0 Å². The molecule has 0 aliphatic heterocycles. The van der Waals surface area contributed by atoms with Gasteiger partial charge >= 0.3 is 6.09 Å². The second kappa shape index (κ2) is 13.4. The van der Waals surface area contributed by atoms with Gasteiger partial charge in [-0.25, -0.2) is 4.79 Å². The van der Waals surface area contributed by atoms with Crippen LogP contribution in [0, 0.1) is 13.8 Å². The summed E-state index contributed by atoms with van der Waals surface area (Å²) >= 11 is 4.37. The zero-order valence-corrected chi connectivity index (χ0v) is 24.7. The summed E-state index contributed by atoms with van der Waals surface area (Å²) in [5.74, 6) is -0.569. The number of aryl methyl sites for hydroxylation is 2. The van der Waals surface area contributed by atoms with Gasteiger partial charge in [0.25, 0.3) is 0 Å². The lowest BCUT2D eigenvalue weighted by Gasteiger charge is -2.45. The molecule has 1 rings (SSSR count). The topological polar surface area (TPSA) is 87.7 Å². The van der Waals surface area contributed by atoms with E-state index in [9.17, 15) is 14.4 Å². The number of nitrogens with one attached hydrogen (secondary N) is 2. The van der Waals surface area contributed by atoms with E-state index in [1.165, 1.54) is 0 Å². The summed E-state index contributed by atoms with van der Waals surface area (Å²) in [6, 6.07) is 4.00. The predicted molar refractivity (Wildman–Crippen MR) is 149 cm³/mol. The molecule has 0 heterocycles. The molecule has 36 heavy (non-hydrogen) atoms. The highest BCUT2D eigenvalue weighted by Gasteiger charge is 2.43. The molecule has 0 spiro atoms. The smallest absolute Gasteiger partial charge is 0.408 e. The molecule has 1 aromatic rings. The second-order valence-electron chi connectivity index (χ2n) is 11.2. The second-order valence-corrected chi connectivity index (χ2v) is 11.6. The number of thiol groups is 1. The van der Waals surface area contributed by atoms with Crippen LogP contribution in [0.4, 0.5) is 4.79 Å². The van der Waals surface area contributed by atoms with Crippen LogP contribution in [0.15, 0.2) is 18.2 Å². The van der Waals surface area contributed by atoms with E-state index in [-0.39, 0.29) is 23.6 Å². The van der Waals surface area contributed by atoms with E-state index < -0.39 is 29.3 Å². The van der Waals surface area contributed by atoms with Crippen molar-refractivity contribution in [1.82, 2.24) is 15.5 Å². The van der Waals surface area contributed by atoms with Crippen molar-refractivity contribution < 1.29 is 19.1 Å². The summed E-state index contributed by atoms with van der Waals surface area (Å²) in [5, 5.41) is 5.79. The Morgan fingerprint density at radius 1 is 1.06 bits per heavy atom. The van der Waals surface area contributed by atoms with Gasteiger partial charge in [0.2, 0.25) is 11.8 Å². The number of nitrogens with zero attached hydrogens (tertiary/aromatic N) is 1. The minimum atomic E-state index is -0.969. The molecule has 7 nitrogen and oxygen atoms in total. The Bertz CT molecular complexity index is 911. The number of rotatable bonds is 11. The highest BCUT2D eigenvalue weighted by atomic mass is 32.1. The van der Waals surface area contributed by atoms with Crippen LogP contribution in [0.5, 0.6) is 0 Å². The molecule has 1 aromatic carbocycles. The average molecular weight is 522 g/mol. The van der Waals surface area contributed by atoms with E-state index in [2.05, 4.69) is 30.2 Å². The zero-order valence-electron chi connectivity index (χ0n) is 23.8. The van der Waals surface area contributed by atoms with E-state index in [0.717, 1.165) is 29.5 Å². The van der Waals surface area contributed by atoms with Crippen LogP contribution in [0.2, 0.25) is 0 Å². The molecule has 8 heteroatoms. The van der Waals surface area contributed by atoms with Gasteiger partial charge in [0.1, 0.15) is 17.7 Å². The fraction of sp³-hybridized carbons (Fsp3) is 0.679. The molecule has 204 valence electrons. The zero-order chi connectivity index (χ0) is 27.8. The molecule has 0 aliphatic carbocycles. The predicted octanol–water partition coefficient (Wildman–Crippen LogP) is 5.49. The van der Waals surface area contributed by atoms with E-state index in [1.807, 2.05) is 59.7 Å². The molecular weight excluding hydrogens is 474 g/mol. The van der Waals surface area contributed by atoms with Gasteiger partial charge in [0.15, 0.2) is 0 Å². The van der Waals surface area contributed by atoms with Gasteiger partial charge in [-0.1, -0.05) is 44.0 Å². The Kier molecular flexibility index (Phi) is 11.8. The summed E-state index contributed by atoms with van der Waals surface area (Å²) in [4.78, 5) is 42.1. The van der Waals surface area contributed by atoms with Crippen molar-refractivity contribution in [3.05, 3.63) is 34.9 Å². The third-order valence-corrected chi connectivity index (χ3v) is 6.63. The Hall–Kier alpha value is -2.22. The lowest BCUT2D eigenvalue weighted by molar-refractivity contribution is -0.149. The summed E-state index contributed by atoms with van der Waals surface area (Å²) in [6.45, 7) is 19.1. The number of carbonyl (C=O) groups excluding carboxylic acids is 3. The van der Waals surface area contributed by atoms with Crippen molar-refractivity contribution in [3.63, 3.8) is 0 Å². The first-order valence-corrected chi connectivity index (χ1v) is 13.5. The van der Waals surface area contributed by atoms with Crippen LogP contribution < -0.4 is 10.6 Å². The minimum absolute atomic E-state index is 0.0435. The van der Waals surface area contributed by atoms with Crippen LogP contribution >= 0.6 is 12.6 Å². The first kappa shape index (κ1) is 31.8. The molecule has 0 aliphatic rings. The molecule has 0 bridgehead atoms. The minimum Gasteiger partial charge on any atom is -0.444 e. The van der Waals surface area contributed by atoms with Gasteiger partial charge in [-0.05, 0) is 79.4 Å². The molecule has 0 saturated heterocycles. The summed E-state index contributed by atoms with van der Waals surface area (Å²) in [5.41, 5.74) is 1.34. The Morgan fingerprint density at radius 3 is 2.14 bits per heavy atom. The van der Waals surface area contributed by atoms with Gasteiger partial charge < -0.3 is 20.3 Å². The van der Waals surface area contributed by atoms with Crippen LogP contribution in [-0.4, -0.2) is 51.8 Å². The Morgan fingerprint density at radius 2 is 1.67 bits per heavy atom. The van der Waals surface area contributed by atoms with Gasteiger partial charge in [0.05, 0.1) is 0 Å². The monoisotopic (exact) mass is 521 g/mol.